The maximum Gasteiger partial charge on any atom is 0.516 e. The van der Waals surface area contributed by atoms with Crippen molar-refractivity contribution in [3.05, 3.63) is 0 Å². The number of thiocyanates is 1. The van der Waals surface area contributed by atoms with Crippen LogP contribution in [0.1, 0.15) is 67.2 Å². The van der Waals surface area contributed by atoms with E-state index in [1.807, 2.05) is 60.0 Å². The average Bonchev–Trinajstić information content (AvgIpc) is 3.48. The zero-order valence-electron chi connectivity index (χ0n) is 50.2. The molecule has 1 unspecified atom stereocenters. The quantitative estimate of drug-likeness (QED) is 0.0150. The maximum absolute atomic E-state index is 8.97. The van der Waals surface area contributed by atoms with Crippen LogP contribution in [0.25, 0.3) is 0 Å². The van der Waals surface area contributed by atoms with E-state index < -0.39 is 59.7 Å². The number of thioether (sulfide) groups is 2. The van der Waals surface area contributed by atoms with Crippen LogP contribution in [-0.2, 0) is 74.3 Å². The first kappa shape index (κ1) is 95.4. The van der Waals surface area contributed by atoms with Gasteiger partial charge in [-0.2, -0.15) is 5.26 Å². The molecular weight excluding hydrogens is 1340 g/mol. The van der Waals surface area contributed by atoms with Gasteiger partial charge in [0, 0.05) is 117 Å². The Labute approximate surface area is 527 Å². The normalized spacial score (nSPS) is 12.4. The molecule has 0 aliphatic heterocycles. The van der Waals surface area contributed by atoms with E-state index in [0.717, 1.165) is 61.4 Å². The summed E-state index contributed by atoms with van der Waals surface area (Å²) in [5.74, 6) is 3.07. The Hall–Kier alpha value is 2.76. The summed E-state index contributed by atoms with van der Waals surface area (Å²) in [5, 5.41) is 62.7. The van der Waals surface area contributed by atoms with Crippen LogP contribution >= 0.6 is 81.5 Å². The molecule has 1 atom stereocenters. The summed E-state index contributed by atoms with van der Waals surface area (Å²) < 4.78 is 72.6. The maximum atomic E-state index is 8.97. The SMILES string of the molecule is CCO[Si](CCCS[C]#[V])(OCC)OCC.CCO[Si](CCl)(OCC)OCC.CO[Si](C)(CO)CCCCl.CO[Si](CCCSC#N)(OC)OC.CO[Si](CO)(CCCCl)OC.CO[Si](CO)(CO)CCl.C[Si](CO)(CO)CCl. The Kier molecular flexibility index (Phi) is 78.8. The van der Waals surface area contributed by atoms with E-state index in [0.29, 0.717) is 62.4 Å². The monoisotopic (exact) mass is 1440 g/mol. The van der Waals surface area contributed by atoms with Crippen molar-refractivity contribution in [3.63, 3.8) is 0 Å². The topological polar surface area (TPSA) is 265 Å². The number of hydrogen-bond donors (Lipinski definition) is 6. The minimum atomic E-state index is -2.50. The molecule has 0 fully saturated rings. The van der Waals surface area contributed by atoms with Gasteiger partial charge in [-0.05, 0) is 70.4 Å². The first-order valence-electron chi connectivity index (χ1n) is 25.7. The number of rotatable bonds is 42. The van der Waals surface area contributed by atoms with E-state index in [2.05, 4.69) is 20.7 Å². The van der Waals surface area contributed by atoms with Crippen molar-refractivity contribution in [1.82, 2.24) is 0 Å². The average molecular weight is 1440 g/mol. The molecule has 0 aromatic rings. The van der Waals surface area contributed by atoms with Crippen molar-refractivity contribution < 1.29 is 105 Å². The van der Waals surface area contributed by atoms with E-state index >= 15 is 0 Å². The fourth-order valence-electron chi connectivity index (χ4n) is 5.24. The molecule has 0 radical (unpaired) electrons. The largest absolute Gasteiger partial charge is 0.516 e. The summed E-state index contributed by atoms with van der Waals surface area (Å²) in [6.45, 7) is 19.3. The van der Waals surface area contributed by atoms with E-state index in [1.54, 1.807) is 54.4 Å². The standard InChI is InChI=1S/C10H21O3SSi.C7H17ClO3Si.C7H15NO3SSi.C6H15ClO3Si.C6H15ClO2Si.C4H11ClO3Si.C4H11ClO2Si.V/c1-5-11-15(12-6-2,13-7-3)10-8-9-14-4;1-4-9-12(7-8,10-5-2)11-6-3;1-9-13(10-2,11-3)6-4-5-12-7-8;1-9-11(6-8,10-2)5-3-4-7;1-9-10(2,6-8)5-3-4-7;1-8-9(2-5,3-6)4-7;1-8(2-5,3-6)4-7;/h5-10H2,1-3H3;4-7H2,1-3H3;4-6H2,1-3H3;8H,3-6H2,1-2H3;8H,3-6H2,1-2H3;6-7H,2-4H2,1H3;6-7H,2-4H2,1H3;. The van der Waals surface area contributed by atoms with Crippen molar-refractivity contribution >= 4 is 141 Å². The predicted octanol–water partition coefficient (Wildman–Crippen LogP) is 7.48. The summed E-state index contributed by atoms with van der Waals surface area (Å²) in [5.41, 5.74) is 0.985. The number of alkyl halides is 5. The number of aliphatic hydroxyl groups excluding tert-OH is 6. The van der Waals surface area contributed by atoms with E-state index in [-0.39, 0.29) is 42.9 Å². The van der Waals surface area contributed by atoms with Crippen molar-refractivity contribution in [3.8, 4) is 9.27 Å². The molecule has 0 aliphatic carbocycles. The third kappa shape index (κ3) is 51.4. The second-order valence-electron chi connectivity index (χ2n) is 16.5. The van der Waals surface area contributed by atoms with Crippen molar-refractivity contribution in [2.45, 2.75) is 104 Å². The minimum Gasteiger partial charge on any atom is -0.418 e. The smallest absolute Gasteiger partial charge is 0.418 e. The van der Waals surface area contributed by atoms with Gasteiger partial charge in [0.25, 0.3) is 8.32 Å². The fraction of sp³-hybridized carbons (Fsp3) is 0.955. The van der Waals surface area contributed by atoms with Gasteiger partial charge in [-0.25, -0.2) is 0 Å². The zero-order valence-corrected chi connectivity index (χ0v) is 64.0. The van der Waals surface area contributed by atoms with Gasteiger partial charge in [0.1, 0.15) is 13.5 Å². The van der Waals surface area contributed by atoms with Crippen molar-refractivity contribution in [2.75, 3.05) is 167 Å². The van der Waals surface area contributed by atoms with Crippen LogP contribution < -0.4 is 0 Å². The minimum absolute atomic E-state index is 0.00309. The van der Waals surface area contributed by atoms with Gasteiger partial charge in [0.2, 0.25) is 8.32 Å². The number of halogens is 5. The molecule has 35 heteroatoms. The van der Waals surface area contributed by atoms with Crippen LogP contribution in [0.2, 0.25) is 37.3 Å². The molecule has 480 valence electrons. The van der Waals surface area contributed by atoms with Crippen LogP contribution in [0.4, 0.5) is 0 Å². The summed E-state index contributed by atoms with van der Waals surface area (Å²) >= 11 is 32.9. The van der Waals surface area contributed by atoms with Crippen LogP contribution in [0.15, 0.2) is 0 Å². The van der Waals surface area contributed by atoms with Crippen LogP contribution in [0.5, 0.6) is 0 Å². The number of nitriles is 1. The van der Waals surface area contributed by atoms with E-state index in [1.165, 1.54) is 18.9 Å². The molecule has 0 spiro atoms. The van der Waals surface area contributed by atoms with Gasteiger partial charge in [-0.1, -0.05) is 6.55 Å². The third-order valence-electron chi connectivity index (χ3n) is 10.6. The first-order chi connectivity index (χ1) is 37.6. The Morgan fingerprint density at radius 3 is 1.05 bits per heavy atom. The molecule has 6 N–H and O–H groups in total. The Morgan fingerprint density at radius 1 is 0.430 bits per heavy atom. The molecule has 79 heavy (non-hydrogen) atoms. The van der Waals surface area contributed by atoms with Crippen LogP contribution in [0.3, 0.4) is 0 Å². The summed E-state index contributed by atoms with van der Waals surface area (Å²) in [6, 6.07) is 3.35. The fourth-order valence-corrected chi connectivity index (χ4v) is 19.9. The molecule has 0 bridgehead atoms. The van der Waals surface area contributed by atoms with Crippen molar-refractivity contribution in [1.29, 1.82) is 5.26 Å². The van der Waals surface area contributed by atoms with Crippen LogP contribution in [0, 0.1) is 14.5 Å². The van der Waals surface area contributed by atoms with Gasteiger partial charge in [-0.15, -0.1) is 58.0 Å². The molecule has 0 aromatic carbocycles. The van der Waals surface area contributed by atoms with Gasteiger partial charge < -0.3 is 74.9 Å². The Morgan fingerprint density at radius 2 is 0.823 bits per heavy atom. The number of hydrogen-bond acceptors (Lipinski definition) is 22. The summed E-state index contributed by atoms with van der Waals surface area (Å²) in [7, 11) is -4.37. The molecule has 0 saturated carbocycles. The summed E-state index contributed by atoms with van der Waals surface area (Å²) in [6.07, 6.45) is 3.79. The molecule has 20 nitrogen and oxygen atoms in total. The molecule has 0 amide bonds. The second kappa shape index (κ2) is 65.2. The first-order valence-corrected chi connectivity index (χ1v) is 47.6. The van der Waals surface area contributed by atoms with Gasteiger partial charge in [0.05, 0.1) is 30.4 Å². The zero-order chi connectivity index (χ0) is 62.6. The van der Waals surface area contributed by atoms with Gasteiger partial charge in [-0.3, -0.25) is 0 Å². The van der Waals surface area contributed by atoms with Gasteiger partial charge >= 0.3 is 139 Å². The number of aliphatic hydroxyl groups is 6. The third-order valence-corrected chi connectivity index (χ3v) is 36.6. The van der Waals surface area contributed by atoms with Crippen LogP contribution in [-0.4, -0.2) is 257 Å². The molecule has 0 aliphatic rings. The molecule has 0 heterocycles. The second-order valence-corrected chi connectivity index (χ2v) is 46.3. The van der Waals surface area contributed by atoms with Crippen molar-refractivity contribution in [2.24, 2.45) is 0 Å². The predicted molar refractivity (Wildman–Crippen MR) is 339 cm³/mol. The van der Waals surface area contributed by atoms with E-state index in [9.17, 15) is 0 Å². The molecule has 0 saturated heterocycles. The Bertz CT molecular complexity index is 1280. The molecule has 0 aromatic heterocycles. The van der Waals surface area contributed by atoms with Gasteiger partial charge in [0.15, 0.2) is 0 Å². The number of nitrogens with zero attached hydrogens (tertiary/aromatic N) is 1. The molecule has 0 rings (SSSR count). The van der Waals surface area contributed by atoms with E-state index in [4.69, 9.17) is 151 Å². The Balaban J connectivity index is -0.000000155. The molecular formula is C44H105Cl5NO19S2Si7V. The summed E-state index contributed by atoms with van der Waals surface area (Å²) in [4.78, 5) is 0.